The quantitative estimate of drug-likeness (QED) is 0.410. The summed E-state index contributed by atoms with van der Waals surface area (Å²) in [6.45, 7) is 7.87. The minimum absolute atomic E-state index is 0.198. The van der Waals surface area contributed by atoms with Crippen LogP contribution >= 0.6 is 11.6 Å². The van der Waals surface area contributed by atoms with E-state index < -0.39 is 0 Å². The van der Waals surface area contributed by atoms with Crippen molar-refractivity contribution in [3.8, 4) is 5.75 Å². The van der Waals surface area contributed by atoms with Crippen LogP contribution in [-0.2, 0) is 13.1 Å². The van der Waals surface area contributed by atoms with E-state index in [0.29, 0.717) is 24.1 Å². The van der Waals surface area contributed by atoms with Crippen molar-refractivity contribution in [3.63, 3.8) is 0 Å². The van der Waals surface area contributed by atoms with E-state index in [2.05, 4.69) is 51.3 Å². The van der Waals surface area contributed by atoms with Gasteiger partial charge in [0.2, 0.25) is 0 Å². The van der Waals surface area contributed by atoms with Gasteiger partial charge in [0.15, 0.2) is 0 Å². The van der Waals surface area contributed by atoms with Crippen molar-refractivity contribution >= 4 is 23.4 Å². The predicted molar refractivity (Wildman–Crippen MR) is 148 cm³/mol. The molecule has 1 N–H and O–H groups in total. The molecule has 37 heavy (non-hydrogen) atoms. The molecule has 7 heteroatoms. The minimum Gasteiger partial charge on any atom is -0.486 e. The number of rotatable bonds is 8. The number of hydrogen-bond acceptors (Lipinski definition) is 6. The molecule has 2 aliphatic heterocycles. The summed E-state index contributed by atoms with van der Waals surface area (Å²) in [6.07, 6.45) is 11.4. The van der Waals surface area contributed by atoms with Crippen molar-refractivity contribution in [2.24, 2.45) is 10.9 Å². The third kappa shape index (κ3) is 6.09. The van der Waals surface area contributed by atoms with Crippen LogP contribution < -0.4 is 4.74 Å². The molecule has 0 saturated carbocycles. The Hall–Kier alpha value is -3.06. The molecule has 6 nitrogen and oxygen atoms in total. The van der Waals surface area contributed by atoms with Crippen LogP contribution in [0.3, 0.4) is 0 Å². The third-order valence-electron chi connectivity index (χ3n) is 7.27. The number of pyridine rings is 2. The van der Waals surface area contributed by atoms with E-state index in [1.807, 2.05) is 32.3 Å². The number of aliphatic hydroxyl groups excluding tert-OH is 1. The summed E-state index contributed by atoms with van der Waals surface area (Å²) in [4.78, 5) is 16.0. The molecule has 1 saturated heterocycles. The number of ether oxygens (including phenoxy) is 1. The van der Waals surface area contributed by atoms with Crippen LogP contribution in [0.4, 0.5) is 0 Å². The first-order valence-corrected chi connectivity index (χ1v) is 13.3. The molecule has 192 valence electrons. The average molecular weight is 517 g/mol. The molecule has 1 fully saturated rings. The number of aromatic nitrogens is 2. The van der Waals surface area contributed by atoms with E-state index >= 15 is 0 Å². The number of nitrogens with zero attached hydrogens (tertiary/aromatic N) is 4. The van der Waals surface area contributed by atoms with Crippen LogP contribution in [-0.4, -0.2) is 45.4 Å². The van der Waals surface area contributed by atoms with Gasteiger partial charge in [0.25, 0.3) is 0 Å². The van der Waals surface area contributed by atoms with Crippen molar-refractivity contribution in [2.75, 3.05) is 19.7 Å². The number of piperidine rings is 1. The molecule has 2 aliphatic rings. The normalized spacial score (nSPS) is 17.1. The Morgan fingerprint density at radius 3 is 2.70 bits per heavy atom. The Balaban J connectivity index is 1.22. The molecule has 2 aromatic heterocycles. The second-order valence-electron chi connectivity index (χ2n) is 9.95. The fraction of sp³-hybridized carbons (Fsp3) is 0.367. The van der Waals surface area contributed by atoms with Gasteiger partial charge in [0.05, 0.1) is 23.0 Å². The molecule has 1 aromatic carbocycles. The third-order valence-corrected chi connectivity index (χ3v) is 7.57. The molecule has 0 bridgehead atoms. The second-order valence-corrected chi connectivity index (χ2v) is 10.4. The Kier molecular flexibility index (Phi) is 7.99. The highest BCUT2D eigenvalue weighted by Crippen LogP contribution is 2.31. The van der Waals surface area contributed by atoms with Crippen LogP contribution in [0.5, 0.6) is 5.75 Å². The number of aliphatic imine (C=N–C) groups is 1. The molecular formula is C30H33ClN4O2. The van der Waals surface area contributed by atoms with Crippen molar-refractivity contribution in [3.05, 3.63) is 93.5 Å². The summed E-state index contributed by atoms with van der Waals surface area (Å²) in [5.74, 6) is 1.24. The maximum atomic E-state index is 9.33. The molecule has 0 amide bonds. The number of likely N-dealkylation sites (tertiary alicyclic amines) is 1. The number of fused-ring (bicyclic) bond motifs is 1. The van der Waals surface area contributed by atoms with Gasteiger partial charge < -0.3 is 9.84 Å². The maximum Gasteiger partial charge on any atom is 0.123 e. The molecule has 0 unspecified atom stereocenters. The zero-order valence-electron chi connectivity index (χ0n) is 21.4. The van der Waals surface area contributed by atoms with Gasteiger partial charge in [0.1, 0.15) is 11.9 Å². The van der Waals surface area contributed by atoms with Crippen LogP contribution in [0.15, 0.2) is 60.0 Å². The average Bonchev–Trinajstić information content (AvgIpc) is 3.31. The molecule has 4 heterocycles. The summed E-state index contributed by atoms with van der Waals surface area (Å²) >= 11 is 6.39. The van der Waals surface area contributed by atoms with E-state index in [0.717, 1.165) is 71.9 Å². The number of benzene rings is 1. The topological polar surface area (TPSA) is 70.8 Å². The monoisotopic (exact) mass is 516 g/mol. The van der Waals surface area contributed by atoms with Crippen molar-refractivity contribution < 1.29 is 9.84 Å². The molecule has 5 rings (SSSR count). The zero-order chi connectivity index (χ0) is 25.8. The SMILES string of the molecule is Cc1cncc(Cl)c1[C@@H](C)Oc1ccc2c(c1)C(/C=C/c1ccc(CN3CCC(CO)CC3)nc1)=NC2. The Labute approximate surface area is 223 Å². The van der Waals surface area contributed by atoms with Gasteiger partial charge in [-0.2, -0.15) is 0 Å². The fourth-order valence-corrected chi connectivity index (χ4v) is 5.44. The highest BCUT2D eigenvalue weighted by molar-refractivity contribution is 6.31. The van der Waals surface area contributed by atoms with E-state index in [9.17, 15) is 5.11 Å². The standard InChI is InChI=1S/C30H33ClN4O2/c1-20-14-32-17-28(31)30(20)21(2)37-26-7-5-24-16-34-29(27(24)13-26)8-4-22-3-6-25(33-15-22)18-35-11-9-23(19-36)10-12-35/h3-8,13-15,17,21,23,36H,9-12,16,18-19H2,1-2H3/b8-4+/t21-/m1/s1. The van der Waals surface area contributed by atoms with Gasteiger partial charge in [-0.05, 0) is 86.7 Å². The molecule has 0 aliphatic carbocycles. The maximum absolute atomic E-state index is 9.33. The van der Waals surface area contributed by atoms with Gasteiger partial charge >= 0.3 is 0 Å². The largest absolute Gasteiger partial charge is 0.486 e. The molecule has 1 atom stereocenters. The molecular weight excluding hydrogens is 484 g/mol. The van der Waals surface area contributed by atoms with E-state index in [1.165, 1.54) is 5.56 Å². The lowest BCUT2D eigenvalue weighted by Gasteiger charge is -2.30. The summed E-state index contributed by atoms with van der Waals surface area (Å²) in [5.41, 5.74) is 7.31. The number of halogens is 1. The van der Waals surface area contributed by atoms with Crippen LogP contribution in [0.25, 0.3) is 6.08 Å². The first-order chi connectivity index (χ1) is 18.0. The summed E-state index contributed by atoms with van der Waals surface area (Å²) in [6, 6.07) is 10.4. The first-order valence-electron chi connectivity index (χ1n) is 12.9. The van der Waals surface area contributed by atoms with E-state index in [1.54, 1.807) is 6.20 Å². The summed E-state index contributed by atoms with van der Waals surface area (Å²) < 4.78 is 6.27. The van der Waals surface area contributed by atoms with E-state index in [4.69, 9.17) is 21.3 Å². The van der Waals surface area contributed by atoms with Gasteiger partial charge in [-0.1, -0.05) is 29.8 Å². The summed E-state index contributed by atoms with van der Waals surface area (Å²) in [5, 5.41) is 9.95. The minimum atomic E-state index is -0.198. The number of aryl methyl sites for hydroxylation is 1. The van der Waals surface area contributed by atoms with Gasteiger partial charge in [0, 0.05) is 42.9 Å². The zero-order valence-corrected chi connectivity index (χ0v) is 22.2. The van der Waals surface area contributed by atoms with Crippen LogP contribution in [0.2, 0.25) is 5.02 Å². The molecule has 0 radical (unpaired) electrons. The predicted octanol–water partition coefficient (Wildman–Crippen LogP) is 5.80. The van der Waals surface area contributed by atoms with Crippen LogP contribution in [0.1, 0.15) is 59.4 Å². The Morgan fingerprint density at radius 1 is 1.14 bits per heavy atom. The van der Waals surface area contributed by atoms with Gasteiger partial charge in [-0.25, -0.2) is 0 Å². The van der Waals surface area contributed by atoms with Gasteiger partial charge in [-0.15, -0.1) is 0 Å². The number of hydrogen-bond donors (Lipinski definition) is 1. The second kappa shape index (κ2) is 11.5. The van der Waals surface area contributed by atoms with Crippen LogP contribution in [0, 0.1) is 12.8 Å². The first kappa shape index (κ1) is 25.6. The molecule has 3 aromatic rings. The lowest BCUT2D eigenvalue weighted by molar-refractivity contribution is 0.126. The van der Waals surface area contributed by atoms with Gasteiger partial charge in [-0.3, -0.25) is 19.9 Å². The summed E-state index contributed by atoms with van der Waals surface area (Å²) in [7, 11) is 0. The molecule has 0 spiro atoms. The number of aliphatic hydroxyl groups is 1. The fourth-order valence-electron chi connectivity index (χ4n) is 5.08. The van der Waals surface area contributed by atoms with Crippen molar-refractivity contribution in [1.82, 2.24) is 14.9 Å². The van der Waals surface area contributed by atoms with E-state index in [-0.39, 0.29) is 6.10 Å². The lowest BCUT2D eigenvalue weighted by atomic mass is 9.98. The smallest absolute Gasteiger partial charge is 0.123 e. The highest BCUT2D eigenvalue weighted by Gasteiger charge is 2.20. The number of allylic oxidation sites excluding steroid dienone is 1. The lowest BCUT2D eigenvalue weighted by Crippen LogP contribution is -2.34. The van der Waals surface area contributed by atoms with Crippen molar-refractivity contribution in [1.29, 1.82) is 0 Å². The van der Waals surface area contributed by atoms with Crippen molar-refractivity contribution in [2.45, 2.75) is 45.9 Å². The highest BCUT2D eigenvalue weighted by atomic mass is 35.5. The Morgan fingerprint density at radius 2 is 1.97 bits per heavy atom. The Bertz CT molecular complexity index is 1280.